The smallest absolute Gasteiger partial charge is 0.225 e. The second kappa shape index (κ2) is 6.31. The number of aromatic nitrogens is 2. The molecule has 0 saturated carbocycles. The summed E-state index contributed by atoms with van der Waals surface area (Å²) < 4.78 is 0. The van der Waals surface area contributed by atoms with Gasteiger partial charge in [0.2, 0.25) is 5.95 Å². The van der Waals surface area contributed by atoms with E-state index in [0.29, 0.717) is 5.88 Å². The molecule has 0 spiro atoms. The van der Waals surface area contributed by atoms with Crippen molar-refractivity contribution in [3.05, 3.63) is 47.8 Å². The minimum atomic E-state index is 0.570. The third-order valence-corrected chi connectivity index (χ3v) is 4.18. The van der Waals surface area contributed by atoms with Crippen molar-refractivity contribution in [2.75, 3.05) is 36.0 Å². The molecule has 1 fully saturated rings. The van der Waals surface area contributed by atoms with Crippen LogP contribution >= 0.6 is 11.6 Å². The number of alkyl halides is 1. The summed E-state index contributed by atoms with van der Waals surface area (Å²) in [4.78, 5) is 13.3. The standard InChI is InChI=1S/C16H19ClN4/c1-13-11-14(12-17)3-4-15(13)20-7-9-21(10-8-20)16-18-5-2-6-19-16/h2-6,11H,7-10,12H2,1H3. The highest BCUT2D eigenvalue weighted by atomic mass is 35.5. The molecule has 0 bridgehead atoms. The average Bonchev–Trinajstić information content (AvgIpc) is 2.56. The molecular formula is C16H19ClN4. The maximum atomic E-state index is 5.89. The number of anilines is 2. The highest BCUT2D eigenvalue weighted by molar-refractivity contribution is 6.17. The molecule has 4 nitrogen and oxygen atoms in total. The van der Waals surface area contributed by atoms with Crippen LogP contribution in [0.3, 0.4) is 0 Å². The lowest BCUT2D eigenvalue weighted by molar-refractivity contribution is 0.639. The van der Waals surface area contributed by atoms with Crippen molar-refractivity contribution < 1.29 is 0 Å². The van der Waals surface area contributed by atoms with E-state index in [0.717, 1.165) is 32.1 Å². The van der Waals surface area contributed by atoms with Gasteiger partial charge in [0, 0.05) is 50.1 Å². The van der Waals surface area contributed by atoms with Gasteiger partial charge in [-0.3, -0.25) is 0 Å². The van der Waals surface area contributed by atoms with Gasteiger partial charge < -0.3 is 9.80 Å². The first-order valence-electron chi connectivity index (χ1n) is 7.20. The molecule has 110 valence electrons. The first-order valence-corrected chi connectivity index (χ1v) is 7.74. The van der Waals surface area contributed by atoms with E-state index in [2.05, 4.69) is 44.9 Å². The predicted octanol–water partition coefficient (Wildman–Crippen LogP) is 2.85. The minimum absolute atomic E-state index is 0.570. The number of rotatable bonds is 3. The lowest BCUT2D eigenvalue weighted by Crippen LogP contribution is -2.47. The van der Waals surface area contributed by atoms with E-state index in [4.69, 9.17) is 11.6 Å². The quantitative estimate of drug-likeness (QED) is 0.816. The van der Waals surface area contributed by atoms with Crippen molar-refractivity contribution in [2.24, 2.45) is 0 Å². The molecule has 1 aromatic carbocycles. The molecule has 0 unspecified atom stereocenters. The molecule has 0 atom stereocenters. The number of benzene rings is 1. The van der Waals surface area contributed by atoms with E-state index >= 15 is 0 Å². The van der Waals surface area contributed by atoms with Crippen molar-refractivity contribution in [1.82, 2.24) is 9.97 Å². The molecule has 0 aliphatic carbocycles. The Morgan fingerprint density at radius 1 is 1.05 bits per heavy atom. The van der Waals surface area contributed by atoms with Crippen LogP contribution in [-0.2, 0) is 5.88 Å². The Morgan fingerprint density at radius 2 is 1.71 bits per heavy atom. The zero-order valence-electron chi connectivity index (χ0n) is 12.2. The molecule has 1 aliphatic rings. The maximum Gasteiger partial charge on any atom is 0.225 e. The Hall–Kier alpha value is -1.81. The molecule has 21 heavy (non-hydrogen) atoms. The normalized spacial score (nSPS) is 15.3. The third kappa shape index (κ3) is 3.10. The molecule has 2 aromatic rings. The van der Waals surface area contributed by atoms with Gasteiger partial charge in [0.25, 0.3) is 0 Å². The van der Waals surface area contributed by atoms with Crippen LogP contribution in [0.15, 0.2) is 36.7 Å². The second-order valence-electron chi connectivity index (χ2n) is 5.28. The van der Waals surface area contributed by atoms with Gasteiger partial charge in [-0.2, -0.15) is 0 Å². The first-order chi connectivity index (χ1) is 10.3. The van der Waals surface area contributed by atoms with Crippen molar-refractivity contribution in [3.8, 4) is 0 Å². The minimum Gasteiger partial charge on any atom is -0.368 e. The van der Waals surface area contributed by atoms with E-state index in [1.54, 1.807) is 12.4 Å². The Labute approximate surface area is 130 Å². The molecule has 1 aliphatic heterocycles. The van der Waals surface area contributed by atoms with Crippen molar-refractivity contribution >= 4 is 23.2 Å². The lowest BCUT2D eigenvalue weighted by Gasteiger charge is -2.36. The Morgan fingerprint density at radius 3 is 2.33 bits per heavy atom. The van der Waals surface area contributed by atoms with Gasteiger partial charge in [0.15, 0.2) is 0 Å². The van der Waals surface area contributed by atoms with Crippen LogP contribution < -0.4 is 9.80 Å². The van der Waals surface area contributed by atoms with Gasteiger partial charge in [-0.15, -0.1) is 11.6 Å². The van der Waals surface area contributed by atoms with Crippen molar-refractivity contribution in [3.63, 3.8) is 0 Å². The number of halogens is 1. The van der Waals surface area contributed by atoms with Crippen LogP contribution in [0, 0.1) is 6.92 Å². The lowest BCUT2D eigenvalue weighted by atomic mass is 10.1. The summed E-state index contributed by atoms with van der Waals surface area (Å²) in [6.07, 6.45) is 3.59. The van der Waals surface area contributed by atoms with Crippen LogP contribution in [0.5, 0.6) is 0 Å². The van der Waals surface area contributed by atoms with E-state index in [9.17, 15) is 0 Å². The predicted molar refractivity (Wildman–Crippen MR) is 87.2 cm³/mol. The summed E-state index contributed by atoms with van der Waals surface area (Å²) in [7, 11) is 0. The molecule has 1 saturated heterocycles. The Balaban J connectivity index is 1.68. The summed E-state index contributed by atoms with van der Waals surface area (Å²) in [5.74, 6) is 1.40. The molecule has 5 heteroatoms. The number of aryl methyl sites for hydroxylation is 1. The van der Waals surface area contributed by atoms with Gasteiger partial charge >= 0.3 is 0 Å². The van der Waals surface area contributed by atoms with Crippen LogP contribution in [0.2, 0.25) is 0 Å². The number of hydrogen-bond donors (Lipinski definition) is 0. The molecule has 1 aromatic heterocycles. The highest BCUT2D eigenvalue weighted by Gasteiger charge is 2.19. The fourth-order valence-electron chi connectivity index (χ4n) is 2.76. The van der Waals surface area contributed by atoms with Gasteiger partial charge in [-0.1, -0.05) is 12.1 Å². The molecule has 0 radical (unpaired) electrons. The van der Waals surface area contributed by atoms with Gasteiger partial charge in [0.05, 0.1) is 0 Å². The van der Waals surface area contributed by atoms with Crippen molar-refractivity contribution in [1.29, 1.82) is 0 Å². The molecular weight excluding hydrogens is 284 g/mol. The first kappa shape index (κ1) is 14.1. The van der Waals surface area contributed by atoms with Crippen molar-refractivity contribution in [2.45, 2.75) is 12.8 Å². The van der Waals surface area contributed by atoms with E-state index < -0.39 is 0 Å². The summed E-state index contributed by atoms with van der Waals surface area (Å²) in [5.41, 5.74) is 3.77. The molecule has 0 amide bonds. The van der Waals surface area contributed by atoms with Gasteiger partial charge in [-0.05, 0) is 30.2 Å². The van der Waals surface area contributed by atoms with Gasteiger partial charge in [0.1, 0.15) is 0 Å². The Bertz CT molecular complexity index is 594. The fourth-order valence-corrected chi connectivity index (χ4v) is 2.92. The SMILES string of the molecule is Cc1cc(CCl)ccc1N1CCN(c2ncccn2)CC1. The van der Waals surface area contributed by atoms with Crippen LogP contribution in [0.25, 0.3) is 0 Å². The molecule has 2 heterocycles. The highest BCUT2D eigenvalue weighted by Crippen LogP contribution is 2.24. The maximum absolute atomic E-state index is 5.89. The topological polar surface area (TPSA) is 32.3 Å². The monoisotopic (exact) mass is 302 g/mol. The Kier molecular flexibility index (Phi) is 4.25. The third-order valence-electron chi connectivity index (χ3n) is 3.87. The molecule has 3 rings (SSSR count). The van der Waals surface area contributed by atoms with E-state index in [-0.39, 0.29) is 0 Å². The molecule has 0 N–H and O–H groups in total. The fraction of sp³-hybridized carbons (Fsp3) is 0.375. The van der Waals surface area contributed by atoms with Crippen LogP contribution in [-0.4, -0.2) is 36.1 Å². The summed E-state index contributed by atoms with van der Waals surface area (Å²) in [6, 6.07) is 8.32. The summed E-state index contributed by atoms with van der Waals surface area (Å²) in [5, 5.41) is 0. The second-order valence-corrected chi connectivity index (χ2v) is 5.54. The summed E-state index contributed by atoms with van der Waals surface area (Å²) in [6.45, 7) is 6.01. The summed E-state index contributed by atoms with van der Waals surface area (Å²) >= 11 is 5.89. The van der Waals surface area contributed by atoms with E-state index in [1.807, 2.05) is 6.07 Å². The number of piperazine rings is 1. The van der Waals surface area contributed by atoms with E-state index in [1.165, 1.54) is 16.8 Å². The number of nitrogens with zero attached hydrogens (tertiary/aromatic N) is 4. The van der Waals surface area contributed by atoms with Crippen LogP contribution in [0.1, 0.15) is 11.1 Å². The number of hydrogen-bond acceptors (Lipinski definition) is 4. The average molecular weight is 303 g/mol. The zero-order chi connectivity index (χ0) is 14.7. The van der Waals surface area contributed by atoms with Crippen LogP contribution in [0.4, 0.5) is 11.6 Å². The largest absolute Gasteiger partial charge is 0.368 e. The zero-order valence-corrected chi connectivity index (χ0v) is 12.9. The van der Waals surface area contributed by atoms with Gasteiger partial charge in [-0.25, -0.2) is 9.97 Å².